The third kappa shape index (κ3) is 4.09. The minimum atomic E-state index is -0.270. The minimum Gasteiger partial charge on any atom is -0.497 e. The summed E-state index contributed by atoms with van der Waals surface area (Å²) in [5.41, 5.74) is 1.31. The Balaban J connectivity index is 1.77. The lowest BCUT2D eigenvalue weighted by Gasteiger charge is -2.04. The number of aryl methyl sites for hydroxylation is 1. The normalized spacial score (nSPS) is 11.0. The number of furan rings is 1. The summed E-state index contributed by atoms with van der Waals surface area (Å²) < 4.78 is 15.2. The van der Waals surface area contributed by atoms with Crippen molar-refractivity contribution in [3.05, 3.63) is 47.5 Å². The van der Waals surface area contributed by atoms with Crippen molar-refractivity contribution in [2.45, 2.75) is 13.5 Å². The van der Waals surface area contributed by atoms with Crippen molar-refractivity contribution in [2.24, 2.45) is 0 Å². The van der Waals surface area contributed by atoms with Crippen molar-refractivity contribution < 1.29 is 13.9 Å². The van der Waals surface area contributed by atoms with Crippen LogP contribution in [0.25, 0.3) is 11.3 Å². The van der Waals surface area contributed by atoms with E-state index in [1.807, 2.05) is 43.3 Å². The molecule has 0 bridgehead atoms. The van der Waals surface area contributed by atoms with Gasteiger partial charge in [0.2, 0.25) is 5.13 Å². The number of hydrogen-bond acceptors (Lipinski definition) is 7. The van der Waals surface area contributed by atoms with Gasteiger partial charge in [0.15, 0.2) is 5.82 Å². The first-order valence-electron chi connectivity index (χ1n) is 8.00. The molecular weight excluding hydrogens is 352 g/mol. The van der Waals surface area contributed by atoms with Gasteiger partial charge < -0.3 is 14.1 Å². The molecule has 0 aliphatic carbocycles. The Hall–Kier alpha value is -2.71. The van der Waals surface area contributed by atoms with Gasteiger partial charge >= 0.3 is 0 Å². The summed E-state index contributed by atoms with van der Waals surface area (Å²) in [5, 5.41) is 3.25. The molecule has 0 unspecified atom stereocenters. The molecule has 8 heteroatoms. The van der Waals surface area contributed by atoms with Crippen LogP contribution in [0.1, 0.15) is 21.9 Å². The van der Waals surface area contributed by atoms with Gasteiger partial charge in [-0.15, -0.1) is 0 Å². The molecule has 0 saturated carbocycles. The van der Waals surface area contributed by atoms with Gasteiger partial charge in [-0.05, 0) is 39.2 Å². The highest BCUT2D eigenvalue weighted by Crippen LogP contribution is 2.28. The molecule has 26 heavy (non-hydrogen) atoms. The first kappa shape index (κ1) is 18.1. The molecule has 0 spiro atoms. The second kappa shape index (κ2) is 7.67. The summed E-state index contributed by atoms with van der Waals surface area (Å²) in [4.78, 5) is 18.9. The van der Waals surface area contributed by atoms with Gasteiger partial charge in [-0.1, -0.05) is 12.1 Å². The number of carbonyl (C=O) groups is 1. The number of benzene rings is 1. The molecular formula is C18H20N4O3S. The van der Waals surface area contributed by atoms with E-state index in [-0.39, 0.29) is 5.91 Å². The van der Waals surface area contributed by atoms with Gasteiger partial charge in [0, 0.05) is 17.1 Å². The molecule has 136 valence electrons. The van der Waals surface area contributed by atoms with Gasteiger partial charge in [0.05, 0.1) is 19.2 Å². The van der Waals surface area contributed by atoms with Crippen molar-refractivity contribution in [3.63, 3.8) is 0 Å². The third-order valence-electron chi connectivity index (χ3n) is 3.66. The lowest BCUT2D eigenvalue weighted by Crippen LogP contribution is -2.13. The van der Waals surface area contributed by atoms with Gasteiger partial charge in [-0.2, -0.15) is 4.37 Å². The van der Waals surface area contributed by atoms with Crippen LogP contribution >= 0.6 is 11.5 Å². The number of anilines is 1. The second-order valence-corrected chi connectivity index (χ2v) is 6.77. The van der Waals surface area contributed by atoms with E-state index in [1.165, 1.54) is 0 Å². The maximum Gasteiger partial charge on any atom is 0.261 e. The van der Waals surface area contributed by atoms with E-state index in [1.54, 1.807) is 20.1 Å². The van der Waals surface area contributed by atoms with Crippen LogP contribution in [0.15, 0.2) is 34.7 Å². The molecule has 3 rings (SSSR count). The molecule has 1 N–H and O–H groups in total. The molecule has 3 aromatic rings. The van der Waals surface area contributed by atoms with Gasteiger partial charge in [0.25, 0.3) is 5.91 Å². The monoisotopic (exact) mass is 372 g/mol. The molecule has 0 aliphatic heterocycles. The first-order valence-corrected chi connectivity index (χ1v) is 8.77. The molecule has 1 amide bonds. The lowest BCUT2D eigenvalue weighted by atomic mass is 10.1. The number of carbonyl (C=O) groups excluding carboxylic acids is 1. The fourth-order valence-corrected chi connectivity index (χ4v) is 3.02. The Bertz CT molecular complexity index is 917. The number of rotatable bonds is 6. The van der Waals surface area contributed by atoms with E-state index in [9.17, 15) is 4.79 Å². The van der Waals surface area contributed by atoms with E-state index in [0.717, 1.165) is 22.8 Å². The third-order valence-corrected chi connectivity index (χ3v) is 4.33. The predicted molar refractivity (Wildman–Crippen MR) is 101 cm³/mol. The van der Waals surface area contributed by atoms with Crippen LogP contribution in [0.5, 0.6) is 5.75 Å². The number of nitrogens with zero attached hydrogens (tertiary/aromatic N) is 3. The van der Waals surface area contributed by atoms with Crippen LogP contribution in [0.3, 0.4) is 0 Å². The number of methoxy groups -OCH3 is 1. The van der Waals surface area contributed by atoms with Crippen LogP contribution in [0.2, 0.25) is 0 Å². The Kier molecular flexibility index (Phi) is 5.34. The summed E-state index contributed by atoms with van der Waals surface area (Å²) in [5.74, 6) is 2.28. The van der Waals surface area contributed by atoms with E-state index in [4.69, 9.17) is 9.15 Å². The standard InChI is InChI=1S/C18H20N4O3S/c1-11-14(9-15(25-11)12-6-5-7-13(8-12)24-4)17(23)20-18-19-16(21-26-18)10-22(2)3/h5-9H,10H2,1-4H3,(H,19,20,21,23). The number of amides is 1. The van der Waals surface area contributed by atoms with Crippen molar-refractivity contribution >= 4 is 22.6 Å². The molecule has 1 aromatic carbocycles. The summed E-state index contributed by atoms with van der Waals surface area (Å²) >= 11 is 1.16. The maximum absolute atomic E-state index is 12.6. The first-order chi connectivity index (χ1) is 12.5. The molecule has 0 atom stereocenters. The summed E-state index contributed by atoms with van der Waals surface area (Å²) in [7, 11) is 5.49. The molecule has 0 saturated heterocycles. The summed E-state index contributed by atoms with van der Waals surface area (Å²) in [6.07, 6.45) is 0. The zero-order chi connectivity index (χ0) is 18.7. The Morgan fingerprint density at radius 2 is 2.15 bits per heavy atom. The largest absolute Gasteiger partial charge is 0.497 e. The topological polar surface area (TPSA) is 80.5 Å². The van der Waals surface area contributed by atoms with Gasteiger partial charge in [0.1, 0.15) is 17.3 Å². The molecule has 0 aliphatic rings. The lowest BCUT2D eigenvalue weighted by molar-refractivity contribution is 0.102. The van der Waals surface area contributed by atoms with E-state index >= 15 is 0 Å². The number of ether oxygens (including phenoxy) is 1. The highest BCUT2D eigenvalue weighted by molar-refractivity contribution is 7.09. The molecule has 0 fully saturated rings. The average molecular weight is 372 g/mol. The molecule has 2 heterocycles. The van der Waals surface area contributed by atoms with Crippen LogP contribution in [-0.4, -0.2) is 41.4 Å². The summed E-state index contributed by atoms with van der Waals surface area (Å²) in [6.45, 7) is 2.38. The maximum atomic E-state index is 12.6. The number of hydrogen-bond donors (Lipinski definition) is 1. The van der Waals surface area contributed by atoms with E-state index in [2.05, 4.69) is 14.7 Å². The fraction of sp³-hybridized carbons (Fsp3) is 0.278. The Labute approximate surface area is 155 Å². The Morgan fingerprint density at radius 1 is 1.35 bits per heavy atom. The van der Waals surface area contributed by atoms with Crippen LogP contribution in [-0.2, 0) is 6.54 Å². The highest BCUT2D eigenvalue weighted by Gasteiger charge is 2.18. The number of aromatic nitrogens is 2. The number of nitrogens with one attached hydrogen (secondary N) is 1. The average Bonchev–Trinajstić information content (AvgIpc) is 3.20. The molecule has 2 aromatic heterocycles. The second-order valence-electron chi connectivity index (χ2n) is 6.02. The zero-order valence-electron chi connectivity index (χ0n) is 15.1. The molecule has 7 nitrogen and oxygen atoms in total. The predicted octanol–water partition coefficient (Wildman–Crippen LogP) is 3.43. The van der Waals surface area contributed by atoms with Crippen molar-refractivity contribution in [2.75, 3.05) is 26.5 Å². The smallest absolute Gasteiger partial charge is 0.261 e. The van der Waals surface area contributed by atoms with Crippen LogP contribution < -0.4 is 10.1 Å². The Morgan fingerprint density at radius 3 is 2.88 bits per heavy atom. The van der Waals surface area contributed by atoms with Gasteiger partial charge in [-0.3, -0.25) is 10.1 Å². The highest BCUT2D eigenvalue weighted by atomic mass is 32.1. The molecule has 0 radical (unpaired) electrons. The van der Waals surface area contributed by atoms with Crippen LogP contribution in [0.4, 0.5) is 5.13 Å². The minimum absolute atomic E-state index is 0.270. The van der Waals surface area contributed by atoms with Gasteiger partial charge in [-0.25, -0.2) is 4.98 Å². The quantitative estimate of drug-likeness (QED) is 0.714. The van der Waals surface area contributed by atoms with Crippen LogP contribution in [0, 0.1) is 6.92 Å². The van der Waals surface area contributed by atoms with Crippen molar-refractivity contribution in [1.29, 1.82) is 0 Å². The summed E-state index contributed by atoms with van der Waals surface area (Å²) in [6, 6.07) is 9.22. The van der Waals surface area contributed by atoms with Crippen molar-refractivity contribution in [1.82, 2.24) is 14.3 Å². The van der Waals surface area contributed by atoms with Crippen molar-refractivity contribution in [3.8, 4) is 17.1 Å². The fourth-order valence-electron chi connectivity index (χ4n) is 2.44. The SMILES string of the molecule is COc1cccc(-c2cc(C(=O)Nc3nc(CN(C)C)ns3)c(C)o2)c1. The zero-order valence-corrected chi connectivity index (χ0v) is 15.9. The van der Waals surface area contributed by atoms with E-state index in [0.29, 0.717) is 34.6 Å². The van der Waals surface area contributed by atoms with E-state index < -0.39 is 0 Å².